The zero-order valence-corrected chi connectivity index (χ0v) is 24.4. The molecule has 2 aliphatic heterocycles. The molecule has 2 atom stereocenters. The van der Waals surface area contributed by atoms with Gasteiger partial charge in [0.1, 0.15) is 11.3 Å². The van der Waals surface area contributed by atoms with Crippen molar-refractivity contribution in [3.8, 4) is 5.69 Å². The van der Waals surface area contributed by atoms with E-state index in [1.807, 2.05) is 41.8 Å². The van der Waals surface area contributed by atoms with Crippen molar-refractivity contribution in [3.05, 3.63) is 110 Å². The molecule has 0 radical (unpaired) electrons. The summed E-state index contributed by atoms with van der Waals surface area (Å²) < 4.78 is 9.03. The number of ether oxygens (including phenoxy) is 1. The molecule has 0 N–H and O–H groups in total. The molecule has 0 bridgehead atoms. The second kappa shape index (κ2) is 10.6. The molecule has 11 heteroatoms. The maximum atomic E-state index is 13.7. The van der Waals surface area contributed by atoms with Crippen molar-refractivity contribution in [2.75, 3.05) is 11.5 Å². The normalized spacial score (nSPS) is 19.0. The SMILES string of the molecule is CCOC(=O)C1=C(c2ccc(-n3c(C)nc4cnccc43)cc2)CC2=C(N1c1ccccc1Cl)[N+](=O)C(C)[N+](=O)C2C. The maximum absolute atomic E-state index is 13.7. The molecule has 2 aliphatic rings. The Hall–Kier alpha value is -4.70. The number of aromatic nitrogens is 3. The lowest BCUT2D eigenvalue weighted by molar-refractivity contribution is -0.795. The van der Waals surface area contributed by atoms with Crippen molar-refractivity contribution >= 4 is 39.9 Å². The van der Waals surface area contributed by atoms with Gasteiger partial charge < -0.3 is 4.74 Å². The number of pyridine rings is 1. The summed E-state index contributed by atoms with van der Waals surface area (Å²) >= 11 is 6.67. The van der Waals surface area contributed by atoms with Crippen LogP contribution in [0.15, 0.2) is 84.1 Å². The second-order valence-electron chi connectivity index (χ2n) is 10.3. The Labute approximate surface area is 247 Å². The van der Waals surface area contributed by atoms with Gasteiger partial charge in [0.05, 0.1) is 33.7 Å². The average Bonchev–Trinajstić information content (AvgIpc) is 3.34. The van der Waals surface area contributed by atoms with E-state index in [2.05, 4.69) is 9.97 Å². The van der Waals surface area contributed by atoms with Gasteiger partial charge in [-0.25, -0.2) is 9.78 Å². The van der Waals surface area contributed by atoms with E-state index in [0.717, 1.165) is 32.9 Å². The Morgan fingerprint density at radius 3 is 2.55 bits per heavy atom. The van der Waals surface area contributed by atoms with Gasteiger partial charge >= 0.3 is 18.0 Å². The van der Waals surface area contributed by atoms with Crippen LogP contribution in [0, 0.1) is 16.7 Å². The third kappa shape index (κ3) is 4.30. The number of para-hydroxylation sites is 1. The predicted octanol–water partition coefficient (Wildman–Crippen LogP) is 6.08. The van der Waals surface area contributed by atoms with Gasteiger partial charge in [0.15, 0.2) is 5.69 Å². The number of nitrogens with zero attached hydrogens (tertiary/aromatic N) is 6. The maximum Gasteiger partial charge on any atom is 0.379 e. The van der Waals surface area contributed by atoms with E-state index in [4.69, 9.17) is 16.3 Å². The number of carbonyl (C=O) groups is 1. The Bertz CT molecular complexity index is 1840. The highest BCUT2D eigenvalue weighted by Crippen LogP contribution is 2.45. The van der Waals surface area contributed by atoms with Crippen LogP contribution in [0.5, 0.6) is 0 Å². The molecule has 4 aromatic rings. The molecule has 212 valence electrons. The van der Waals surface area contributed by atoms with Crippen LogP contribution in [0.1, 0.15) is 38.6 Å². The van der Waals surface area contributed by atoms with Gasteiger partial charge in [0.2, 0.25) is 11.7 Å². The summed E-state index contributed by atoms with van der Waals surface area (Å²) in [5.41, 5.74) is 5.19. The number of carbonyl (C=O) groups excluding carboxylic acids is 1. The molecule has 0 saturated heterocycles. The number of nitroso groups, excluding NO2 is 2. The molecule has 2 aromatic carbocycles. The molecule has 0 saturated carbocycles. The molecule has 2 aromatic heterocycles. The standard InChI is InChI=1S/C31H29ClN6O4/c1-5-42-31(39)29-24(21-10-12-22(13-11-21)35-19(3)34-26-17-33-15-14-28(26)35)16-23-18(2)37(40)20(4)38(41)30(23)36(29)27-9-7-6-8-25(27)32/h6-15,17-18,20H,5,16H2,1-4H3/q+2. The second-order valence-corrected chi connectivity index (χ2v) is 10.7. The Morgan fingerprint density at radius 1 is 1.10 bits per heavy atom. The highest BCUT2D eigenvalue weighted by Gasteiger charge is 2.56. The zero-order valence-electron chi connectivity index (χ0n) is 23.6. The lowest BCUT2D eigenvalue weighted by atomic mass is 9.87. The fraction of sp³-hybridized carbons (Fsp3) is 0.258. The monoisotopic (exact) mass is 584 g/mol. The number of esters is 1. The van der Waals surface area contributed by atoms with E-state index in [9.17, 15) is 14.6 Å². The van der Waals surface area contributed by atoms with Crippen LogP contribution in [0.2, 0.25) is 5.02 Å². The van der Waals surface area contributed by atoms with Gasteiger partial charge in [0.25, 0.3) is 0 Å². The lowest BCUT2D eigenvalue weighted by Crippen LogP contribution is -2.50. The van der Waals surface area contributed by atoms with E-state index >= 15 is 0 Å². The first-order chi connectivity index (χ1) is 20.2. The van der Waals surface area contributed by atoms with Crippen molar-refractivity contribution in [3.63, 3.8) is 0 Å². The summed E-state index contributed by atoms with van der Waals surface area (Å²) in [6.45, 7) is 7.12. The van der Waals surface area contributed by atoms with Crippen molar-refractivity contribution in [1.29, 1.82) is 0 Å². The van der Waals surface area contributed by atoms with E-state index in [1.54, 1.807) is 62.3 Å². The molecule has 0 fully saturated rings. The van der Waals surface area contributed by atoms with Gasteiger partial charge in [-0.1, -0.05) is 40.8 Å². The lowest BCUT2D eigenvalue weighted by Gasteiger charge is -2.31. The third-order valence-electron chi connectivity index (χ3n) is 7.84. The number of anilines is 1. The summed E-state index contributed by atoms with van der Waals surface area (Å²) in [7, 11) is 0. The summed E-state index contributed by atoms with van der Waals surface area (Å²) in [4.78, 5) is 50.8. The van der Waals surface area contributed by atoms with Crippen molar-refractivity contribution < 1.29 is 19.1 Å². The first kappa shape index (κ1) is 27.5. The molecule has 42 heavy (non-hydrogen) atoms. The molecule has 10 nitrogen and oxygen atoms in total. The molecule has 0 spiro atoms. The molecule has 2 unspecified atom stereocenters. The third-order valence-corrected chi connectivity index (χ3v) is 8.16. The van der Waals surface area contributed by atoms with Gasteiger partial charge in [-0.05, 0) is 49.7 Å². The summed E-state index contributed by atoms with van der Waals surface area (Å²) in [6, 6.07) is 16.0. The summed E-state index contributed by atoms with van der Waals surface area (Å²) in [5, 5.41) is 0.345. The molecule has 0 amide bonds. The van der Waals surface area contributed by atoms with Crippen LogP contribution >= 0.6 is 11.6 Å². The average molecular weight is 585 g/mol. The quantitative estimate of drug-likeness (QED) is 0.207. The minimum Gasteiger partial charge on any atom is -0.460 e. The number of hydrogen-bond acceptors (Lipinski definition) is 7. The first-order valence-corrected chi connectivity index (χ1v) is 14.1. The summed E-state index contributed by atoms with van der Waals surface area (Å²) in [6.07, 6.45) is 2.65. The Morgan fingerprint density at radius 2 is 1.83 bits per heavy atom. The van der Waals surface area contributed by atoms with E-state index in [0.29, 0.717) is 26.6 Å². The van der Waals surface area contributed by atoms with Gasteiger partial charge in [0, 0.05) is 47.4 Å². The highest BCUT2D eigenvalue weighted by atomic mass is 35.5. The smallest absolute Gasteiger partial charge is 0.379 e. The molecular formula is C31H29ClN6O4+2. The number of hydrogen-bond donors (Lipinski definition) is 0. The van der Waals surface area contributed by atoms with E-state index < -0.39 is 18.2 Å². The zero-order chi connectivity index (χ0) is 29.7. The topological polar surface area (TPSA) is 100 Å². The minimum atomic E-state index is -1.00. The fourth-order valence-electron chi connectivity index (χ4n) is 5.78. The van der Waals surface area contributed by atoms with Crippen LogP contribution in [0.25, 0.3) is 22.3 Å². The van der Waals surface area contributed by atoms with E-state index in [-0.39, 0.29) is 24.5 Å². The number of halogens is 1. The number of fused-ring (bicyclic) bond motifs is 1. The largest absolute Gasteiger partial charge is 0.460 e. The minimum absolute atomic E-state index is 0.140. The van der Waals surface area contributed by atoms with Gasteiger partial charge in [-0.15, -0.1) is 0 Å². The van der Waals surface area contributed by atoms with Crippen LogP contribution in [-0.2, 0) is 9.53 Å². The van der Waals surface area contributed by atoms with Crippen molar-refractivity contribution in [2.45, 2.75) is 46.3 Å². The number of benzene rings is 2. The Balaban J connectivity index is 1.56. The number of imidazole rings is 1. The predicted molar refractivity (Wildman–Crippen MR) is 159 cm³/mol. The van der Waals surface area contributed by atoms with Crippen molar-refractivity contribution in [1.82, 2.24) is 14.5 Å². The molecule has 4 heterocycles. The number of allylic oxidation sites excluding steroid dienone is 1. The van der Waals surface area contributed by atoms with Crippen molar-refractivity contribution in [2.24, 2.45) is 0 Å². The number of rotatable bonds is 5. The van der Waals surface area contributed by atoms with Gasteiger partial charge in [-0.3, -0.25) is 9.55 Å². The number of aryl methyl sites for hydroxylation is 1. The fourth-order valence-corrected chi connectivity index (χ4v) is 6.00. The first-order valence-electron chi connectivity index (χ1n) is 13.7. The van der Waals surface area contributed by atoms with Crippen LogP contribution in [-0.4, -0.2) is 48.8 Å². The molecular weight excluding hydrogens is 556 g/mol. The van der Waals surface area contributed by atoms with Crippen LogP contribution in [0.4, 0.5) is 5.69 Å². The summed E-state index contributed by atoms with van der Waals surface area (Å²) in [5.74, 6) is 0.434. The van der Waals surface area contributed by atoms with Crippen LogP contribution < -0.4 is 4.90 Å². The molecule has 6 rings (SSSR count). The van der Waals surface area contributed by atoms with Crippen LogP contribution in [0.3, 0.4) is 0 Å². The van der Waals surface area contributed by atoms with E-state index in [1.165, 1.54) is 0 Å². The Kier molecular flexibility index (Phi) is 6.94. The van der Waals surface area contributed by atoms with Gasteiger partial charge in [-0.2, -0.15) is 4.90 Å². The molecule has 0 aliphatic carbocycles. The highest BCUT2D eigenvalue weighted by molar-refractivity contribution is 6.33.